The summed E-state index contributed by atoms with van der Waals surface area (Å²) < 4.78 is 30.8. The molecule has 1 unspecified atom stereocenters. The van der Waals surface area contributed by atoms with Gasteiger partial charge in [0.1, 0.15) is 5.82 Å². The zero-order valence-electron chi connectivity index (χ0n) is 15.1. The summed E-state index contributed by atoms with van der Waals surface area (Å²) in [6.45, 7) is 0.467. The van der Waals surface area contributed by atoms with Crippen LogP contribution < -0.4 is 0 Å². The number of hydrogen-bond donors (Lipinski definition) is 2. The Bertz CT molecular complexity index is 1140. The Labute approximate surface area is 173 Å². The van der Waals surface area contributed by atoms with Crippen molar-refractivity contribution in [2.24, 2.45) is 0 Å². The molecule has 2 aromatic carbocycles. The van der Waals surface area contributed by atoms with Crippen molar-refractivity contribution in [2.75, 3.05) is 6.54 Å². The Kier molecular flexibility index (Phi) is 4.03. The fraction of sp³-hybridized carbons (Fsp3) is 0.238. The van der Waals surface area contributed by atoms with Gasteiger partial charge in [-0.1, -0.05) is 34.1 Å². The van der Waals surface area contributed by atoms with Gasteiger partial charge < -0.3 is 10.1 Å². The van der Waals surface area contributed by atoms with Crippen LogP contribution in [0.2, 0.25) is 0 Å². The molecule has 0 spiro atoms. The van der Waals surface area contributed by atoms with E-state index in [0.717, 1.165) is 6.42 Å². The Balaban J connectivity index is 1.53. The molecule has 1 aromatic heterocycles. The maximum atomic E-state index is 15.1. The molecule has 0 bridgehead atoms. The van der Waals surface area contributed by atoms with Crippen LogP contribution in [0.4, 0.5) is 13.6 Å². The van der Waals surface area contributed by atoms with Crippen molar-refractivity contribution in [1.29, 1.82) is 0 Å². The van der Waals surface area contributed by atoms with Gasteiger partial charge in [0.2, 0.25) is 0 Å². The van der Waals surface area contributed by atoms with E-state index < -0.39 is 12.0 Å². The molecule has 1 aliphatic carbocycles. The van der Waals surface area contributed by atoms with Crippen LogP contribution in [0.5, 0.6) is 0 Å². The maximum Gasteiger partial charge on any atom is 0.407 e. The van der Waals surface area contributed by atoms with Crippen molar-refractivity contribution in [2.45, 2.75) is 24.8 Å². The summed E-state index contributed by atoms with van der Waals surface area (Å²) in [4.78, 5) is 20.2. The lowest BCUT2D eigenvalue weighted by Crippen LogP contribution is -2.29. The van der Waals surface area contributed by atoms with E-state index >= 15 is 8.78 Å². The van der Waals surface area contributed by atoms with Crippen molar-refractivity contribution in [3.05, 3.63) is 64.0 Å². The smallest absolute Gasteiger partial charge is 0.407 e. The normalized spacial score (nSPS) is 19.3. The second-order valence-electron chi connectivity index (χ2n) is 7.34. The van der Waals surface area contributed by atoms with Gasteiger partial charge in [0.25, 0.3) is 5.92 Å². The van der Waals surface area contributed by atoms with Crippen LogP contribution in [0.15, 0.2) is 47.1 Å². The summed E-state index contributed by atoms with van der Waals surface area (Å²) in [5.41, 5.74) is 2.20. The maximum absolute atomic E-state index is 15.1. The molecule has 5 rings (SSSR count). The molecule has 1 aliphatic heterocycles. The SMILES string of the molecule is O=C(O)N1CCCC1c1ncc(-c2ccc3c(c2)C(F)(F)c2cc(Br)ccc2-3)[nH]1. The molecule has 8 heteroatoms. The third-order valence-electron chi connectivity index (χ3n) is 5.69. The second-order valence-corrected chi connectivity index (χ2v) is 8.26. The Morgan fingerprint density at radius 3 is 2.69 bits per heavy atom. The predicted octanol–water partition coefficient (Wildman–Crippen LogP) is 5.77. The number of amides is 1. The van der Waals surface area contributed by atoms with E-state index in [1.165, 1.54) is 17.0 Å². The van der Waals surface area contributed by atoms with Gasteiger partial charge in [0, 0.05) is 27.7 Å². The number of nitrogens with one attached hydrogen (secondary N) is 1. The molecule has 5 nitrogen and oxygen atoms in total. The van der Waals surface area contributed by atoms with Gasteiger partial charge in [0.05, 0.1) is 17.9 Å². The van der Waals surface area contributed by atoms with Gasteiger partial charge in [-0.05, 0) is 42.2 Å². The fourth-order valence-corrected chi connectivity index (χ4v) is 4.66. The van der Waals surface area contributed by atoms with Crippen LogP contribution in [-0.4, -0.2) is 32.6 Å². The van der Waals surface area contributed by atoms with Gasteiger partial charge >= 0.3 is 6.09 Å². The minimum absolute atomic E-state index is 0.00706. The highest BCUT2D eigenvalue weighted by molar-refractivity contribution is 9.10. The lowest BCUT2D eigenvalue weighted by molar-refractivity contribution is 0.0480. The summed E-state index contributed by atoms with van der Waals surface area (Å²) in [6.07, 6.45) is 2.05. The number of aromatic nitrogens is 2. The van der Waals surface area contributed by atoms with Gasteiger partial charge in [-0.15, -0.1) is 0 Å². The number of carbonyl (C=O) groups is 1. The highest BCUT2D eigenvalue weighted by Crippen LogP contribution is 2.52. The summed E-state index contributed by atoms with van der Waals surface area (Å²) in [7, 11) is 0. The number of imidazole rings is 1. The number of benzene rings is 2. The highest BCUT2D eigenvalue weighted by atomic mass is 79.9. The van der Waals surface area contributed by atoms with E-state index in [0.29, 0.717) is 45.6 Å². The largest absolute Gasteiger partial charge is 0.465 e. The molecule has 0 saturated carbocycles. The quantitative estimate of drug-likeness (QED) is 0.510. The molecule has 29 heavy (non-hydrogen) atoms. The zero-order valence-corrected chi connectivity index (χ0v) is 16.7. The number of rotatable bonds is 2. The first-order valence-electron chi connectivity index (χ1n) is 9.24. The van der Waals surface area contributed by atoms with Crippen molar-refractivity contribution in [1.82, 2.24) is 14.9 Å². The molecule has 148 valence electrons. The number of fused-ring (bicyclic) bond motifs is 3. The first-order valence-corrected chi connectivity index (χ1v) is 10.0. The average molecular weight is 460 g/mol. The first-order chi connectivity index (χ1) is 13.9. The van der Waals surface area contributed by atoms with E-state index in [4.69, 9.17) is 0 Å². The second kappa shape index (κ2) is 6.38. The van der Waals surface area contributed by atoms with Crippen molar-refractivity contribution in [3.8, 4) is 22.4 Å². The molecular formula is C21H16BrF2N3O2. The topological polar surface area (TPSA) is 69.2 Å². The van der Waals surface area contributed by atoms with Crippen LogP contribution in [0, 0.1) is 0 Å². The number of likely N-dealkylation sites (tertiary alicyclic amines) is 1. The number of hydrogen-bond acceptors (Lipinski definition) is 2. The molecule has 1 saturated heterocycles. The van der Waals surface area contributed by atoms with Crippen LogP contribution in [0.3, 0.4) is 0 Å². The van der Waals surface area contributed by atoms with E-state index in [9.17, 15) is 9.90 Å². The summed E-state index contributed by atoms with van der Waals surface area (Å²) in [5.74, 6) is -2.54. The fourth-order valence-electron chi connectivity index (χ4n) is 4.30. The van der Waals surface area contributed by atoms with Crippen LogP contribution in [0.25, 0.3) is 22.4 Å². The number of halogens is 3. The minimum atomic E-state index is -3.08. The summed E-state index contributed by atoms with van der Waals surface area (Å²) in [6, 6.07) is 9.57. The number of H-pyrrole nitrogens is 1. The van der Waals surface area contributed by atoms with Crippen LogP contribution in [-0.2, 0) is 5.92 Å². The van der Waals surface area contributed by atoms with Gasteiger partial charge in [-0.3, -0.25) is 4.90 Å². The Morgan fingerprint density at radius 2 is 1.93 bits per heavy atom. The molecule has 2 N–H and O–H groups in total. The standard InChI is InChI=1S/C21H16BrF2N3O2/c22-12-4-6-14-13-5-3-11(8-15(13)21(23,24)16(14)9-12)17-10-25-19(26-17)18-2-1-7-27(18)20(28)29/h3-6,8-10,18H,1-2,7H2,(H,25,26)(H,28,29). The average Bonchev–Trinajstić information content (AvgIpc) is 3.40. The zero-order chi connectivity index (χ0) is 20.3. The first kappa shape index (κ1) is 18.3. The van der Waals surface area contributed by atoms with Crippen molar-refractivity contribution in [3.63, 3.8) is 0 Å². The molecule has 2 aliphatic rings. The summed E-state index contributed by atoms with van der Waals surface area (Å²) >= 11 is 3.27. The predicted molar refractivity (Wildman–Crippen MR) is 107 cm³/mol. The molecular weight excluding hydrogens is 444 g/mol. The number of aromatic amines is 1. The van der Waals surface area contributed by atoms with Crippen LogP contribution >= 0.6 is 15.9 Å². The molecule has 0 radical (unpaired) electrons. The van der Waals surface area contributed by atoms with Crippen LogP contribution in [0.1, 0.15) is 35.8 Å². The molecule has 3 aromatic rings. The Hall–Kier alpha value is -2.74. The monoisotopic (exact) mass is 459 g/mol. The third-order valence-corrected chi connectivity index (χ3v) is 6.18. The van der Waals surface area contributed by atoms with E-state index in [-0.39, 0.29) is 17.2 Å². The Morgan fingerprint density at radius 1 is 1.21 bits per heavy atom. The lowest BCUT2D eigenvalue weighted by Gasteiger charge is -2.19. The summed E-state index contributed by atoms with van der Waals surface area (Å²) in [5, 5.41) is 9.34. The van der Waals surface area contributed by atoms with Crippen molar-refractivity contribution >= 4 is 22.0 Å². The third kappa shape index (κ3) is 2.77. The van der Waals surface area contributed by atoms with E-state index in [1.54, 1.807) is 30.5 Å². The molecule has 2 heterocycles. The molecule has 1 atom stereocenters. The highest BCUT2D eigenvalue weighted by Gasteiger charge is 2.44. The lowest BCUT2D eigenvalue weighted by atomic mass is 10.0. The van der Waals surface area contributed by atoms with Gasteiger partial charge in [-0.25, -0.2) is 9.78 Å². The van der Waals surface area contributed by atoms with Gasteiger partial charge in [0.15, 0.2) is 0 Å². The number of alkyl halides is 2. The minimum Gasteiger partial charge on any atom is -0.465 e. The van der Waals surface area contributed by atoms with E-state index in [2.05, 4.69) is 25.9 Å². The van der Waals surface area contributed by atoms with E-state index in [1.807, 2.05) is 0 Å². The number of nitrogens with zero attached hydrogens (tertiary/aromatic N) is 2. The number of carboxylic acid groups (broad SMARTS) is 1. The molecule has 1 amide bonds. The van der Waals surface area contributed by atoms with Gasteiger partial charge in [-0.2, -0.15) is 8.78 Å². The van der Waals surface area contributed by atoms with Crippen molar-refractivity contribution < 1.29 is 18.7 Å². The molecule has 1 fully saturated rings.